The maximum absolute atomic E-state index is 14.3. The summed E-state index contributed by atoms with van der Waals surface area (Å²) in [6.07, 6.45) is -2.26. The van der Waals surface area contributed by atoms with Crippen LogP contribution in [0.5, 0.6) is 0 Å². The average molecular weight is 551 g/mol. The van der Waals surface area contributed by atoms with Crippen LogP contribution in [0.2, 0.25) is 0 Å². The van der Waals surface area contributed by atoms with E-state index in [-0.39, 0.29) is 38.6 Å². The molecule has 4 aromatic rings. The summed E-state index contributed by atoms with van der Waals surface area (Å²) in [5, 5.41) is 1.82. The largest absolute Gasteiger partial charge is 0.417 e. The van der Waals surface area contributed by atoms with E-state index in [1.165, 1.54) is 23.6 Å². The molecule has 2 aromatic heterocycles. The fourth-order valence-electron chi connectivity index (χ4n) is 5.48. The van der Waals surface area contributed by atoms with Crippen molar-refractivity contribution in [1.29, 1.82) is 0 Å². The van der Waals surface area contributed by atoms with E-state index >= 15 is 0 Å². The van der Waals surface area contributed by atoms with Crippen molar-refractivity contribution in [2.24, 2.45) is 5.41 Å². The summed E-state index contributed by atoms with van der Waals surface area (Å²) in [7, 11) is 0. The van der Waals surface area contributed by atoms with Crippen LogP contribution in [0.4, 0.5) is 13.2 Å². The Labute approximate surface area is 229 Å². The predicted molar refractivity (Wildman–Crippen MR) is 149 cm³/mol. The van der Waals surface area contributed by atoms with Gasteiger partial charge in [-0.05, 0) is 47.9 Å². The second-order valence-corrected chi connectivity index (χ2v) is 11.6. The molecule has 0 atom stereocenters. The first-order valence-corrected chi connectivity index (χ1v) is 13.9. The molecule has 4 nitrogen and oxygen atoms in total. The molecule has 8 heteroatoms. The van der Waals surface area contributed by atoms with Gasteiger partial charge in [-0.1, -0.05) is 64.1 Å². The lowest BCUT2D eigenvalue weighted by molar-refractivity contribution is -0.137. The number of halogens is 3. The van der Waals surface area contributed by atoms with Gasteiger partial charge in [-0.3, -0.25) is 14.2 Å². The van der Waals surface area contributed by atoms with Crippen LogP contribution >= 0.6 is 11.3 Å². The van der Waals surface area contributed by atoms with E-state index in [0.29, 0.717) is 36.9 Å². The quantitative estimate of drug-likeness (QED) is 0.254. The molecule has 39 heavy (non-hydrogen) atoms. The lowest BCUT2D eigenvalue weighted by atomic mass is 9.75. The van der Waals surface area contributed by atoms with Crippen molar-refractivity contribution in [3.8, 4) is 27.5 Å². The number of carbonyl (C=O) groups is 1. The molecular weight excluding hydrogens is 521 g/mol. The summed E-state index contributed by atoms with van der Waals surface area (Å²) in [4.78, 5) is 32.2. The Kier molecular flexibility index (Phi) is 6.87. The smallest absolute Gasteiger partial charge is 0.294 e. The molecular formula is C31H29F3N2O2S. The lowest BCUT2D eigenvalue weighted by Gasteiger charge is -2.33. The summed E-state index contributed by atoms with van der Waals surface area (Å²) in [5.74, 6) is -0.0533. The third-order valence-corrected chi connectivity index (χ3v) is 8.20. The van der Waals surface area contributed by atoms with Gasteiger partial charge in [0, 0.05) is 28.6 Å². The molecule has 1 aliphatic rings. The normalized spacial score (nSPS) is 14.9. The Bertz CT molecular complexity index is 1620. The molecule has 0 amide bonds. The molecule has 0 saturated carbocycles. The van der Waals surface area contributed by atoms with Crippen LogP contribution < -0.4 is 5.56 Å². The van der Waals surface area contributed by atoms with E-state index in [9.17, 15) is 22.8 Å². The zero-order valence-electron chi connectivity index (χ0n) is 22.3. The number of pyridine rings is 1. The minimum Gasteiger partial charge on any atom is -0.294 e. The number of benzene rings is 2. The standard InChI is InChI=1S/C31H29F3N2O2S/c1-5-18-10-9-11-19(6-2)27(18)36-25-15-30(3,4)16-26(37)21(25)14-22(29(36)38)28-35-24(17-39-28)20-12-7-8-13-23(20)31(32,33)34/h7-14,17H,5-6,15-16H2,1-4H3. The maximum Gasteiger partial charge on any atom is 0.417 e. The van der Waals surface area contributed by atoms with E-state index in [0.717, 1.165) is 34.2 Å². The molecule has 0 fully saturated rings. The van der Waals surface area contributed by atoms with Gasteiger partial charge in [0.15, 0.2) is 5.78 Å². The number of ketones is 1. The Morgan fingerprint density at radius 1 is 0.923 bits per heavy atom. The number of para-hydroxylation sites is 1. The van der Waals surface area contributed by atoms with Crippen molar-refractivity contribution in [3.63, 3.8) is 0 Å². The molecule has 0 unspecified atom stereocenters. The number of hydrogen-bond acceptors (Lipinski definition) is 4. The minimum absolute atomic E-state index is 0.0480. The number of carbonyl (C=O) groups excluding carboxylic acids is 1. The molecule has 0 saturated heterocycles. The van der Waals surface area contributed by atoms with E-state index < -0.39 is 11.7 Å². The first-order valence-electron chi connectivity index (χ1n) is 13.0. The second kappa shape index (κ2) is 9.90. The SMILES string of the molecule is CCc1cccc(CC)c1-n1c2c(cc(-c3nc(-c4ccccc4C(F)(F)F)cs3)c1=O)C(=O)CC(C)(C)C2. The second-order valence-electron chi connectivity index (χ2n) is 10.7. The number of aryl methyl sites for hydroxylation is 2. The van der Waals surface area contributed by atoms with E-state index in [1.807, 2.05) is 45.9 Å². The predicted octanol–water partition coefficient (Wildman–Crippen LogP) is 7.93. The summed E-state index contributed by atoms with van der Waals surface area (Å²) in [6.45, 7) is 8.10. The number of rotatable bonds is 5. The van der Waals surface area contributed by atoms with Gasteiger partial charge in [0.25, 0.3) is 5.56 Å². The Balaban J connectivity index is 1.79. The summed E-state index contributed by atoms with van der Waals surface area (Å²) >= 11 is 1.10. The Morgan fingerprint density at radius 2 is 1.59 bits per heavy atom. The molecule has 0 aliphatic heterocycles. The van der Waals surface area contributed by atoms with Crippen LogP contribution in [0.1, 0.15) is 66.9 Å². The fourth-order valence-corrected chi connectivity index (χ4v) is 6.31. The van der Waals surface area contributed by atoms with Crippen molar-refractivity contribution in [1.82, 2.24) is 9.55 Å². The molecule has 0 radical (unpaired) electrons. The summed E-state index contributed by atoms with van der Waals surface area (Å²) < 4.78 is 42.8. The molecule has 202 valence electrons. The van der Waals surface area contributed by atoms with Crippen LogP contribution in [-0.2, 0) is 25.4 Å². The monoisotopic (exact) mass is 550 g/mol. The highest BCUT2D eigenvalue weighted by Gasteiger charge is 2.36. The molecule has 0 N–H and O–H groups in total. The lowest BCUT2D eigenvalue weighted by Crippen LogP contribution is -2.35. The topological polar surface area (TPSA) is 52.0 Å². The van der Waals surface area contributed by atoms with Crippen LogP contribution in [0.15, 0.2) is 58.7 Å². The van der Waals surface area contributed by atoms with Crippen molar-refractivity contribution < 1.29 is 18.0 Å². The molecule has 0 bridgehead atoms. The van der Waals surface area contributed by atoms with Gasteiger partial charge < -0.3 is 0 Å². The third kappa shape index (κ3) is 4.86. The van der Waals surface area contributed by atoms with Crippen molar-refractivity contribution in [2.75, 3.05) is 0 Å². The molecule has 5 rings (SSSR count). The van der Waals surface area contributed by atoms with Gasteiger partial charge in [-0.15, -0.1) is 11.3 Å². The van der Waals surface area contributed by atoms with Gasteiger partial charge in [0.2, 0.25) is 0 Å². The summed E-state index contributed by atoms with van der Waals surface area (Å²) in [5.41, 5.74) is 2.82. The minimum atomic E-state index is -4.54. The fraction of sp³-hybridized carbons (Fsp3) is 0.323. The Morgan fingerprint density at radius 3 is 2.23 bits per heavy atom. The number of nitrogens with zero attached hydrogens (tertiary/aromatic N) is 2. The van der Waals surface area contributed by atoms with Gasteiger partial charge in [0.1, 0.15) is 5.01 Å². The molecule has 2 heterocycles. The zero-order chi connectivity index (χ0) is 28.1. The number of thiazole rings is 1. The number of Topliss-reactive ketones (excluding diaryl/α,β-unsaturated/α-hetero) is 1. The van der Waals surface area contributed by atoms with Crippen molar-refractivity contribution >= 4 is 17.1 Å². The van der Waals surface area contributed by atoms with Gasteiger partial charge in [0.05, 0.1) is 22.5 Å². The van der Waals surface area contributed by atoms with Crippen LogP contribution in [0.25, 0.3) is 27.5 Å². The highest BCUT2D eigenvalue weighted by Crippen LogP contribution is 2.40. The van der Waals surface area contributed by atoms with E-state index in [4.69, 9.17) is 0 Å². The highest BCUT2D eigenvalue weighted by molar-refractivity contribution is 7.13. The van der Waals surface area contributed by atoms with Crippen LogP contribution in [0, 0.1) is 5.41 Å². The van der Waals surface area contributed by atoms with Gasteiger partial charge >= 0.3 is 6.18 Å². The molecule has 0 spiro atoms. The number of fused-ring (bicyclic) bond motifs is 1. The van der Waals surface area contributed by atoms with Crippen molar-refractivity contribution in [2.45, 2.75) is 59.6 Å². The first-order chi connectivity index (χ1) is 18.4. The average Bonchev–Trinajstić information content (AvgIpc) is 3.37. The number of hydrogen-bond donors (Lipinski definition) is 0. The number of alkyl halides is 3. The van der Waals surface area contributed by atoms with Crippen LogP contribution in [0.3, 0.4) is 0 Å². The van der Waals surface area contributed by atoms with Gasteiger partial charge in [-0.2, -0.15) is 13.2 Å². The van der Waals surface area contributed by atoms with Gasteiger partial charge in [-0.25, -0.2) is 4.98 Å². The third-order valence-electron chi connectivity index (χ3n) is 7.32. The van der Waals surface area contributed by atoms with Crippen molar-refractivity contribution in [3.05, 3.63) is 92.2 Å². The van der Waals surface area contributed by atoms with E-state index in [2.05, 4.69) is 4.98 Å². The zero-order valence-corrected chi connectivity index (χ0v) is 23.1. The van der Waals surface area contributed by atoms with E-state index in [1.54, 1.807) is 10.6 Å². The Hall–Kier alpha value is -3.52. The maximum atomic E-state index is 14.3. The van der Waals surface area contributed by atoms with Crippen LogP contribution in [-0.4, -0.2) is 15.3 Å². The number of aromatic nitrogens is 2. The summed E-state index contributed by atoms with van der Waals surface area (Å²) in [6, 6.07) is 12.8. The highest BCUT2D eigenvalue weighted by atomic mass is 32.1. The molecule has 1 aliphatic carbocycles. The molecule has 2 aromatic carbocycles. The first kappa shape index (κ1) is 27.1.